The number of aromatic nitrogens is 3. The molecule has 0 radical (unpaired) electrons. The lowest BCUT2D eigenvalue weighted by Crippen LogP contribution is -2.25. The predicted molar refractivity (Wildman–Crippen MR) is 63.3 cm³/mol. The van der Waals surface area contributed by atoms with Crippen LogP contribution in [-0.4, -0.2) is 20.7 Å². The molecule has 0 saturated heterocycles. The number of rotatable bonds is 3. The molecule has 1 aromatic carbocycles. The van der Waals surface area contributed by atoms with Crippen LogP contribution in [0.15, 0.2) is 24.5 Å². The standard InChI is InChI=1S/C12H13FN4O/c1-8-3-4-9(10(13)5-8)12(18)14-6-11-16-15-7-17(11)2/h3-5,7H,6H2,1-2H3,(H,14,18). The van der Waals surface area contributed by atoms with E-state index in [1.54, 1.807) is 24.6 Å². The second-order valence-electron chi connectivity index (χ2n) is 4.02. The van der Waals surface area contributed by atoms with Gasteiger partial charge in [-0.2, -0.15) is 0 Å². The first-order valence-electron chi connectivity index (χ1n) is 5.45. The van der Waals surface area contributed by atoms with Crippen molar-refractivity contribution in [3.8, 4) is 0 Å². The van der Waals surface area contributed by atoms with Crippen molar-refractivity contribution in [2.45, 2.75) is 13.5 Å². The Kier molecular flexibility index (Phi) is 3.36. The molecule has 2 rings (SSSR count). The van der Waals surface area contributed by atoms with Crippen molar-refractivity contribution >= 4 is 5.91 Å². The summed E-state index contributed by atoms with van der Waals surface area (Å²) in [6.07, 6.45) is 1.54. The number of amides is 1. The Labute approximate surface area is 104 Å². The summed E-state index contributed by atoms with van der Waals surface area (Å²) in [6, 6.07) is 4.49. The Bertz CT molecular complexity index is 579. The third kappa shape index (κ3) is 2.53. The normalized spacial score (nSPS) is 10.4. The van der Waals surface area contributed by atoms with Gasteiger partial charge in [0.1, 0.15) is 12.1 Å². The predicted octanol–water partition coefficient (Wildman–Crippen LogP) is 1.19. The Morgan fingerprint density at radius 2 is 2.28 bits per heavy atom. The van der Waals surface area contributed by atoms with Crippen molar-refractivity contribution in [1.82, 2.24) is 20.1 Å². The molecule has 0 spiro atoms. The highest BCUT2D eigenvalue weighted by Crippen LogP contribution is 2.09. The van der Waals surface area contributed by atoms with Gasteiger partial charge in [-0.05, 0) is 24.6 Å². The van der Waals surface area contributed by atoms with Gasteiger partial charge in [-0.1, -0.05) is 6.07 Å². The van der Waals surface area contributed by atoms with Crippen LogP contribution in [0.1, 0.15) is 21.7 Å². The summed E-state index contributed by atoms with van der Waals surface area (Å²) in [5.41, 5.74) is 0.806. The van der Waals surface area contributed by atoms with Gasteiger partial charge in [0.25, 0.3) is 5.91 Å². The first-order chi connectivity index (χ1) is 8.58. The van der Waals surface area contributed by atoms with E-state index in [1.165, 1.54) is 18.5 Å². The van der Waals surface area contributed by atoms with Gasteiger partial charge in [-0.3, -0.25) is 4.79 Å². The molecule has 0 fully saturated rings. The summed E-state index contributed by atoms with van der Waals surface area (Å²) in [5.74, 6) is -0.378. The third-order valence-electron chi connectivity index (χ3n) is 2.58. The van der Waals surface area contributed by atoms with Crippen molar-refractivity contribution in [3.05, 3.63) is 47.3 Å². The maximum Gasteiger partial charge on any atom is 0.254 e. The molecule has 6 heteroatoms. The van der Waals surface area contributed by atoms with Crippen LogP contribution >= 0.6 is 0 Å². The number of hydrogen-bond donors (Lipinski definition) is 1. The fraction of sp³-hybridized carbons (Fsp3) is 0.250. The molecule has 0 atom stereocenters. The molecule has 94 valence electrons. The second kappa shape index (κ2) is 4.95. The SMILES string of the molecule is Cc1ccc(C(=O)NCc2nncn2C)c(F)c1. The number of carbonyl (C=O) groups is 1. The molecule has 1 N–H and O–H groups in total. The Morgan fingerprint density at radius 3 is 2.89 bits per heavy atom. The maximum absolute atomic E-state index is 13.6. The molecule has 1 aromatic heterocycles. The van der Waals surface area contributed by atoms with E-state index in [-0.39, 0.29) is 12.1 Å². The van der Waals surface area contributed by atoms with E-state index < -0.39 is 11.7 Å². The molecular formula is C12H13FN4O. The van der Waals surface area contributed by atoms with Crippen LogP contribution in [0.2, 0.25) is 0 Å². The Morgan fingerprint density at radius 1 is 1.50 bits per heavy atom. The molecule has 0 bridgehead atoms. The van der Waals surface area contributed by atoms with Gasteiger partial charge < -0.3 is 9.88 Å². The molecule has 1 amide bonds. The van der Waals surface area contributed by atoms with Crippen LogP contribution < -0.4 is 5.32 Å². The topological polar surface area (TPSA) is 59.8 Å². The van der Waals surface area contributed by atoms with Crippen molar-refractivity contribution in [1.29, 1.82) is 0 Å². The first kappa shape index (κ1) is 12.2. The highest BCUT2D eigenvalue weighted by molar-refractivity contribution is 5.94. The van der Waals surface area contributed by atoms with Crippen LogP contribution in [0.3, 0.4) is 0 Å². The number of halogens is 1. The van der Waals surface area contributed by atoms with Crippen LogP contribution in [0, 0.1) is 12.7 Å². The van der Waals surface area contributed by atoms with Crippen LogP contribution in [0.4, 0.5) is 4.39 Å². The molecule has 0 aliphatic carbocycles. The molecule has 0 unspecified atom stereocenters. The van der Waals surface area contributed by atoms with Crippen LogP contribution in [0.25, 0.3) is 0 Å². The molecule has 1 heterocycles. The van der Waals surface area contributed by atoms with Gasteiger partial charge in [0.05, 0.1) is 12.1 Å². The van der Waals surface area contributed by atoms with Crippen molar-refractivity contribution in [2.75, 3.05) is 0 Å². The zero-order valence-corrected chi connectivity index (χ0v) is 10.1. The summed E-state index contributed by atoms with van der Waals surface area (Å²) >= 11 is 0. The molecule has 18 heavy (non-hydrogen) atoms. The summed E-state index contributed by atoms with van der Waals surface area (Å²) in [5, 5.41) is 10.1. The number of nitrogens with zero attached hydrogens (tertiary/aromatic N) is 3. The van der Waals surface area contributed by atoms with Crippen molar-refractivity contribution < 1.29 is 9.18 Å². The Balaban J connectivity index is 2.06. The zero-order valence-electron chi connectivity index (χ0n) is 10.1. The number of benzene rings is 1. The van der Waals surface area contributed by atoms with E-state index in [0.717, 1.165) is 5.56 Å². The summed E-state index contributed by atoms with van der Waals surface area (Å²) < 4.78 is 15.2. The number of aryl methyl sites for hydroxylation is 2. The molecule has 5 nitrogen and oxygen atoms in total. The van der Waals surface area contributed by atoms with Gasteiger partial charge in [-0.15, -0.1) is 10.2 Å². The minimum absolute atomic E-state index is 0.0303. The van der Waals surface area contributed by atoms with Crippen molar-refractivity contribution in [3.63, 3.8) is 0 Å². The van der Waals surface area contributed by atoms with Crippen LogP contribution in [0.5, 0.6) is 0 Å². The highest BCUT2D eigenvalue weighted by Gasteiger charge is 2.12. The molecule has 0 aliphatic heterocycles. The fourth-order valence-electron chi connectivity index (χ4n) is 1.53. The van der Waals surface area contributed by atoms with Gasteiger partial charge >= 0.3 is 0 Å². The molecule has 0 aliphatic rings. The fourth-order valence-corrected chi connectivity index (χ4v) is 1.53. The third-order valence-corrected chi connectivity index (χ3v) is 2.58. The molecule has 2 aromatic rings. The lowest BCUT2D eigenvalue weighted by molar-refractivity contribution is 0.0945. The zero-order chi connectivity index (χ0) is 13.1. The van der Waals surface area contributed by atoms with Gasteiger partial charge in [-0.25, -0.2) is 4.39 Å². The summed E-state index contributed by atoms with van der Waals surface area (Å²) in [4.78, 5) is 11.8. The van der Waals surface area contributed by atoms with Crippen LogP contribution in [-0.2, 0) is 13.6 Å². The average Bonchev–Trinajstić information content (AvgIpc) is 2.72. The van der Waals surface area contributed by atoms with E-state index in [4.69, 9.17) is 0 Å². The Hall–Kier alpha value is -2.24. The minimum Gasteiger partial charge on any atom is -0.345 e. The maximum atomic E-state index is 13.6. The van der Waals surface area contributed by atoms with E-state index in [9.17, 15) is 9.18 Å². The molecule has 0 saturated carbocycles. The van der Waals surface area contributed by atoms with Gasteiger partial charge in [0, 0.05) is 7.05 Å². The van der Waals surface area contributed by atoms with Gasteiger partial charge in [0.15, 0.2) is 5.82 Å². The first-order valence-corrected chi connectivity index (χ1v) is 5.45. The lowest BCUT2D eigenvalue weighted by Gasteiger charge is -2.06. The minimum atomic E-state index is -0.523. The van der Waals surface area contributed by atoms with E-state index in [0.29, 0.717) is 5.82 Å². The largest absolute Gasteiger partial charge is 0.345 e. The van der Waals surface area contributed by atoms with Crippen molar-refractivity contribution in [2.24, 2.45) is 7.05 Å². The number of hydrogen-bond acceptors (Lipinski definition) is 3. The smallest absolute Gasteiger partial charge is 0.254 e. The van der Waals surface area contributed by atoms with E-state index in [2.05, 4.69) is 15.5 Å². The average molecular weight is 248 g/mol. The highest BCUT2D eigenvalue weighted by atomic mass is 19.1. The van der Waals surface area contributed by atoms with Gasteiger partial charge in [0.2, 0.25) is 0 Å². The van der Waals surface area contributed by atoms with E-state index >= 15 is 0 Å². The summed E-state index contributed by atoms with van der Waals surface area (Å²) in [7, 11) is 1.77. The van der Waals surface area contributed by atoms with E-state index in [1.807, 2.05) is 0 Å². The second-order valence-corrected chi connectivity index (χ2v) is 4.02. The monoisotopic (exact) mass is 248 g/mol. The number of carbonyl (C=O) groups excluding carboxylic acids is 1. The quantitative estimate of drug-likeness (QED) is 0.887. The number of nitrogens with one attached hydrogen (secondary N) is 1. The summed E-state index contributed by atoms with van der Waals surface area (Å²) in [6.45, 7) is 1.98. The lowest BCUT2D eigenvalue weighted by atomic mass is 10.1. The molecular weight excluding hydrogens is 235 g/mol.